The fraction of sp³-hybridized carbons (Fsp3) is 0.250. The van der Waals surface area contributed by atoms with Gasteiger partial charge in [0.25, 0.3) is 0 Å². The van der Waals surface area contributed by atoms with Crippen LogP contribution in [0.1, 0.15) is 28.3 Å². The highest BCUT2D eigenvalue weighted by atomic mass is 79.9. The zero-order valence-corrected chi connectivity index (χ0v) is 12.9. The van der Waals surface area contributed by atoms with Gasteiger partial charge in [-0.1, -0.05) is 34.1 Å². The van der Waals surface area contributed by atoms with E-state index in [1.807, 2.05) is 12.1 Å². The molecular formula is C16H17BrN2O. The van der Waals surface area contributed by atoms with E-state index in [1.54, 1.807) is 0 Å². The summed E-state index contributed by atoms with van der Waals surface area (Å²) in [5, 5.41) is 0. The third-order valence-electron chi connectivity index (χ3n) is 3.76. The molecule has 3 N–H and O–H groups in total. The van der Waals surface area contributed by atoms with Crippen molar-refractivity contribution in [1.29, 1.82) is 0 Å². The van der Waals surface area contributed by atoms with E-state index < -0.39 is 0 Å². The number of nitrogens with two attached hydrogens (primary N) is 1. The van der Waals surface area contributed by atoms with Crippen LogP contribution in [0.4, 0.5) is 0 Å². The summed E-state index contributed by atoms with van der Waals surface area (Å²) in [4.78, 5) is 0. The van der Waals surface area contributed by atoms with Crippen LogP contribution in [0.3, 0.4) is 0 Å². The van der Waals surface area contributed by atoms with E-state index in [9.17, 15) is 0 Å². The lowest BCUT2D eigenvalue weighted by atomic mass is 9.94. The maximum atomic E-state index is 5.80. The molecule has 1 unspecified atom stereocenters. The fourth-order valence-electron chi connectivity index (χ4n) is 2.71. The van der Waals surface area contributed by atoms with Crippen LogP contribution >= 0.6 is 15.9 Å². The predicted octanol–water partition coefficient (Wildman–Crippen LogP) is 3.25. The molecule has 1 aliphatic rings. The van der Waals surface area contributed by atoms with E-state index in [0.717, 1.165) is 23.2 Å². The smallest absolute Gasteiger partial charge is 0.122 e. The lowest BCUT2D eigenvalue weighted by Crippen LogP contribution is -2.29. The van der Waals surface area contributed by atoms with E-state index in [-0.39, 0.29) is 6.04 Å². The number of halogens is 1. The summed E-state index contributed by atoms with van der Waals surface area (Å²) >= 11 is 3.50. The first-order valence-corrected chi connectivity index (χ1v) is 7.46. The molecule has 3 rings (SSSR count). The summed E-state index contributed by atoms with van der Waals surface area (Å²) in [6.45, 7) is 2.87. The predicted molar refractivity (Wildman–Crippen MR) is 83.7 cm³/mol. The maximum absolute atomic E-state index is 5.80. The van der Waals surface area contributed by atoms with Crippen molar-refractivity contribution in [3.63, 3.8) is 0 Å². The first kappa shape index (κ1) is 13.6. The van der Waals surface area contributed by atoms with Crippen molar-refractivity contribution >= 4 is 15.9 Å². The molecule has 4 heteroatoms. The summed E-state index contributed by atoms with van der Waals surface area (Å²) in [5.41, 5.74) is 7.76. The van der Waals surface area contributed by atoms with Gasteiger partial charge in [0.05, 0.1) is 12.6 Å². The number of hydrazine groups is 1. The molecule has 1 heterocycles. The summed E-state index contributed by atoms with van der Waals surface area (Å²) < 4.78 is 6.63. The Bertz CT molecular complexity index is 642. The molecule has 0 spiro atoms. The normalized spacial score (nSPS) is 14.8. The highest BCUT2D eigenvalue weighted by Gasteiger charge is 2.18. The van der Waals surface area contributed by atoms with E-state index in [4.69, 9.17) is 10.6 Å². The van der Waals surface area contributed by atoms with Crippen molar-refractivity contribution in [2.24, 2.45) is 5.84 Å². The van der Waals surface area contributed by atoms with Crippen LogP contribution in [-0.2, 0) is 6.42 Å². The van der Waals surface area contributed by atoms with Gasteiger partial charge in [-0.15, -0.1) is 0 Å². The standard InChI is InChI=1S/C16H17BrN2O/c1-10-8-13(17)3-4-14(10)16(19-18)12-2-5-15-11(9-12)6-7-20-15/h2-5,8-9,16,19H,6-7,18H2,1H3. The van der Waals surface area contributed by atoms with Gasteiger partial charge in [-0.25, -0.2) is 5.43 Å². The Morgan fingerprint density at radius 1 is 1.25 bits per heavy atom. The molecule has 1 atom stereocenters. The molecule has 0 aromatic heterocycles. The first-order chi connectivity index (χ1) is 9.69. The third kappa shape index (κ3) is 2.46. The van der Waals surface area contributed by atoms with E-state index in [0.29, 0.717) is 0 Å². The Labute approximate surface area is 127 Å². The monoisotopic (exact) mass is 332 g/mol. The Hall–Kier alpha value is -1.36. The van der Waals surface area contributed by atoms with Gasteiger partial charge < -0.3 is 4.74 Å². The number of nitrogens with one attached hydrogen (secondary N) is 1. The van der Waals surface area contributed by atoms with Crippen molar-refractivity contribution in [3.05, 3.63) is 63.1 Å². The van der Waals surface area contributed by atoms with Gasteiger partial charge in [-0.05, 0) is 47.4 Å². The molecule has 1 aliphatic heterocycles. The average molecular weight is 333 g/mol. The lowest BCUT2D eigenvalue weighted by Gasteiger charge is -2.20. The minimum atomic E-state index is -0.00556. The van der Waals surface area contributed by atoms with Crippen LogP contribution in [0.25, 0.3) is 0 Å². The molecule has 104 valence electrons. The summed E-state index contributed by atoms with van der Waals surface area (Å²) in [6.07, 6.45) is 0.972. The van der Waals surface area contributed by atoms with E-state index in [1.165, 1.54) is 22.3 Å². The summed E-state index contributed by atoms with van der Waals surface area (Å²) in [7, 11) is 0. The van der Waals surface area contributed by atoms with Crippen LogP contribution in [0.2, 0.25) is 0 Å². The molecule has 2 aromatic rings. The van der Waals surface area contributed by atoms with Crippen molar-refractivity contribution in [2.75, 3.05) is 6.61 Å². The Balaban J connectivity index is 2.01. The lowest BCUT2D eigenvalue weighted by molar-refractivity contribution is 0.357. The van der Waals surface area contributed by atoms with Crippen molar-refractivity contribution < 1.29 is 4.74 Å². The number of fused-ring (bicyclic) bond motifs is 1. The van der Waals surface area contributed by atoms with Crippen molar-refractivity contribution in [1.82, 2.24) is 5.43 Å². The minimum Gasteiger partial charge on any atom is -0.493 e. The molecule has 0 fully saturated rings. The van der Waals surface area contributed by atoms with Gasteiger partial charge in [-0.2, -0.15) is 0 Å². The number of aryl methyl sites for hydroxylation is 1. The summed E-state index contributed by atoms with van der Waals surface area (Å²) in [5.74, 6) is 6.79. The molecule has 0 amide bonds. The number of hydrogen-bond acceptors (Lipinski definition) is 3. The first-order valence-electron chi connectivity index (χ1n) is 6.67. The largest absolute Gasteiger partial charge is 0.493 e. The Morgan fingerprint density at radius 3 is 2.85 bits per heavy atom. The molecule has 20 heavy (non-hydrogen) atoms. The zero-order chi connectivity index (χ0) is 14.1. The van der Waals surface area contributed by atoms with Gasteiger partial charge in [-0.3, -0.25) is 5.84 Å². The van der Waals surface area contributed by atoms with Gasteiger partial charge in [0.15, 0.2) is 0 Å². The third-order valence-corrected chi connectivity index (χ3v) is 4.25. The van der Waals surface area contributed by atoms with E-state index >= 15 is 0 Å². The highest BCUT2D eigenvalue weighted by molar-refractivity contribution is 9.10. The molecule has 3 nitrogen and oxygen atoms in total. The molecule has 0 radical (unpaired) electrons. The van der Waals surface area contributed by atoms with Crippen LogP contribution in [-0.4, -0.2) is 6.61 Å². The van der Waals surface area contributed by atoms with Crippen LogP contribution in [0, 0.1) is 6.92 Å². The second-order valence-corrected chi connectivity index (χ2v) is 5.98. The van der Waals surface area contributed by atoms with E-state index in [2.05, 4.69) is 52.5 Å². The number of benzene rings is 2. The fourth-order valence-corrected chi connectivity index (χ4v) is 3.19. The van der Waals surface area contributed by atoms with Crippen molar-refractivity contribution in [3.8, 4) is 5.75 Å². The zero-order valence-electron chi connectivity index (χ0n) is 11.3. The van der Waals surface area contributed by atoms with Crippen LogP contribution in [0.15, 0.2) is 40.9 Å². The molecule has 0 saturated heterocycles. The topological polar surface area (TPSA) is 47.3 Å². The van der Waals surface area contributed by atoms with Crippen molar-refractivity contribution in [2.45, 2.75) is 19.4 Å². The molecule has 0 bridgehead atoms. The quantitative estimate of drug-likeness (QED) is 0.670. The molecule has 0 aliphatic carbocycles. The second kappa shape index (κ2) is 5.56. The van der Waals surface area contributed by atoms with Gasteiger partial charge in [0.2, 0.25) is 0 Å². The maximum Gasteiger partial charge on any atom is 0.122 e. The average Bonchev–Trinajstić information content (AvgIpc) is 2.89. The number of ether oxygens (including phenoxy) is 1. The SMILES string of the molecule is Cc1cc(Br)ccc1C(NN)c1ccc2c(c1)CCO2. The molecule has 0 saturated carbocycles. The Morgan fingerprint density at radius 2 is 2.10 bits per heavy atom. The second-order valence-electron chi connectivity index (χ2n) is 5.07. The van der Waals surface area contributed by atoms with Gasteiger partial charge >= 0.3 is 0 Å². The number of rotatable bonds is 3. The van der Waals surface area contributed by atoms with Gasteiger partial charge in [0, 0.05) is 10.9 Å². The minimum absolute atomic E-state index is 0.00556. The van der Waals surface area contributed by atoms with Crippen LogP contribution < -0.4 is 16.0 Å². The molecule has 2 aromatic carbocycles. The van der Waals surface area contributed by atoms with Gasteiger partial charge in [0.1, 0.15) is 5.75 Å². The van der Waals surface area contributed by atoms with Crippen LogP contribution in [0.5, 0.6) is 5.75 Å². The molecular weight excluding hydrogens is 316 g/mol. The summed E-state index contributed by atoms with van der Waals surface area (Å²) in [6, 6.07) is 12.6. The Kier molecular flexibility index (Phi) is 3.78. The number of hydrogen-bond donors (Lipinski definition) is 2. The highest BCUT2D eigenvalue weighted by Crippen LogP contribution is 2.32.